The molecule has 4 rings (SSSR count). The zero-order valence-corrected chi connectivity index (χ0v) is 16.1. The van der Waals surface area contributed by atoms with E-state index in [1.165, 1.54) is 5.32 Å². The summed E-state index contributed by atoms with van der Waals surface area (Å²) < 4.78 is 13.8. The van der Waals surface area contributed by atoms with Crippen LogP contribution in [0.4, 0.5) is 0 Å². The number of rotatable bonds is 4. The topological polar surface area (TPSA) is 73.0 Å². The van der Waals surface area contributed by atoms with Gasteiger partial charge in [0.25, 0.3) is 6.01 Å². The number of benzene rings is 1. The second-order valence-corrected chi connectivity index (χ2v) is 12.5. The molecule has 26 heavy (non-hydrogen) atoms. The van der Waals surface area contributed by atoms with Gasteiger partial charge in [-0.05, 0) is 30.3 Å². The van der Waals surface area contributed by atoms with Crippen molar-refractivity contribution >= 4 is 24.4 Å². The molecule has 132 valence electrons. The maximum Gasteiger partial charge on any atom is 0.297 e. The second kappa shape index (κ2) is 6.14. The lowest BCUT2D eigenvalue weighted by Gasteiger charge is -2.16. The Labute approximate surface area is 153 Å². The van der Waals surface area contributed by atoms with Gasteiger partial charge in [-0.15, -0.1) is 0 Å². The average molecular weight is 364 g/mol. The molecule has 0 unspecified atom stereocenters. The molecule has 7 heteroatoms. The maximum atomic E-state index is 8.99. The van der Waals surface area contributed by atoms with Crippen LogP contribution in [0.2, 0.25) is 19.6 Å². The van der Waals surface area contributed by atoms with Gasteiger partial charge in [0, 0.05) is 5.32 Å². The summed E-state index contributed by atoms with van der Waals surface area (Å²) in [5.74, 6) is 0.753. The van der Waals surface area contributed by atoms with Crippen molar-refractivity contribution < 1.29 is 9.47 Å². The van der Waals surface area contributed by atoms with E-state index >= 15 is 0 Å². The van der Waals surface area contributed by atoms with Crippen LogP contribution in [0.25, 0.3) is 11.0 Å². The van der Waals surface area contributed by atoms with E-state index in [-0.39, 0.29) is 6.10 Å². The van der Waals surface area contributed by atoms with Crippen molar-refractivity contribution in [3.63, 3.8) is 0 Å². The predicted molar refractivity (Wildman–Crippen MR) is 102 cm³/mol. The summed E-state index contributed by atoms with van der Waals surface area (Å²) in [5, 5.41) is 10.2. The molecule has 0 N–H and O–H groups in total. The molecule has 1 atom stereocenters. The summed E-state index contributed by atoms with van der Waals surface area (Å²) in [7, 11) is -1.39. The summed E-state index contributed by atoms with van der Waals surface area (Å²) in [6.07, 6.45) is 1.70. The molecule has 0 saturated heterocycles. The van der Waals surface area contributed by atoms with E-state index in [1.54, 1.807) is 18.3 Å². The van der Waals surface area contributed by atoms with Gasteiger partial charge < -0.3 is 9.47 Å². The third-order valence-corrected chi connectivity index (χ3v) is 6.27. The number of nitriles is 1. The highest BCUT2D eigenvalue weighted by Gasteiger charge is 2.27. The van der Waals surface area contributed by atoms with Crippen molar-refractivity contribution in [2.75, 3.05) is 6.61 Å². The zero-order valence-electron chi connectivity index (χ0n) is 15.1. The van der Waals surface area contributed by atoms with E-state index in [0.29, 0.717) is 24.7 Å². The zero-order chi connectivity index (χ0) is 18.3. The molecule has 0 aliphatic carbocycles. The van der Waals surface area contributed by atoms with Crippen molar-refractivity contribution in [1.29, 1.82) is 5.26 Å². The number of imidazole rings is 1. The molecular weight excluding hydrogens is 344 g/mol. The van der Waals surface area contributed by atoms with Crippen LogP contribution < -0.4 is 14.8 Å². The second-order valence-electron chi connectivity index (χ2n) is 7.50. The highest BCUT2D eigenvalue weighted by molar-refractivity contribution is 6.88. The number of hydrogen-bond acceptors (Lipinski definition) is 5. The summed E-state index contributed by atoms with van der Waals surface area (Å²) in [6, 6.07) is 12.2. The van der Waals surface area contributed by atoms with Gasteiger partial charge >= 0.3 is 0 Å². The van der Waals surface area contributed by atoms with Crippen LogP contribution in [-0.2, 0) is 6.54 Å². The smallest absolute Gasteiger partial charge is 0.297 e. The number of hydrogen-bond donors (Lipinski definition) is 0. The quantitative estimate of drug-likeness (QED) is 0.666. The van der Waals surface area contributed by atoms with Gasteiger partial charge in [-0.1, -0.05) is 19.6 Å². The first-order chi connectivity index (χ1) is 12.4. The Morgan fingerprint density at radius 2 is 2.15 bits per heavy atom. The van der Waals surface area contributed by atoms with Crippen LogP contribution in [-0.4, -0.2) is 35.3 Å². The summed E-state index contributed by atoms with van der Waals surface area (Å²) in [6.45, 7) is 7.93. The Balaban J connectivity index is 1.42. The first-order valence-corrected chi connectivity index (χ1v) is 12.1. The molecule has 1 aromatic carbocycles. The number of nitrogens with zero attached hydrogens (tertiary/aromatic N) is 4. The third-order valence-electron chi connectivity index (χ3n) is 4.44. The largest absolute Gasteiger partial charge is 0.488 e. The van der Waals surface area contributed by atoms with Crippen LogP contribution in [0.1, 0.15) is 5.56 Å². The summed E-state index contributed by atoms with van der Waals surface area (Å²) in [4.78, 5) is 9.01. The van der Waals surface area contributed by atoms with Crippen LogP contribution in [0.15, 0.2) is 36.5 Å². The Bertz CT molecular complexity index is 999. The number of ether oxygens (including phenoxy) is 2. The molecule has 3 heterocycles. The normalized spacial score (nSPS) is 16.2. The predicted octanol–water partition coefficient (Wildman–Crippen LogP) is 2.69. The van der Waals surface area contributed by atoms with Gasteiger partial charge in [-0.2, -0.15) is 10.2 Å². The van der Waals surface area contributed by atoms with Gasteiger partial charge in [0.2, 0.25) is 0 Å². The van der Waals surface area contributed by atoms with Crippen molar-refractivity contribution in [2.24, 2.45) is 0 Å². The molecule has 6 nitrogen and oxygen atoms in total. The molecule has 0 fully saturated rings. The minimum absolute atomic E-state index is 0.0887. The number of fused-ring (bicyclic) bond motifs is 3. The van der Waals surface area contributed by atoms with Crippen molar-refractivity contribution in [3.05, 3.63) is 42.1 Å². The summed E-state index contributed by atoms with van der Waals surface area (Å²) >= 11 is 0. The molecule has 1 aliphatic rings. The Morgan fingerprint density at radius 3 is 2.85 bits per heavy atom. The first-order valence-electron chi connectivity index (χ1n) is 8.60. The molecule has 1 aliphatic heterocycles. The molecule has 3 aromatic rings. The minimum atomic E-state index is -1.39. The van der Waals surface area contributed by atoms with Gasteiger partial charge in [-0.25, -0.2) is 0 Å². The van der Waals surface area contributed by atoms with Crippen molar-refractivity contribution in [2.45, 2.75) is 32.3 Å². The van der Waals surface area contributed by atoms with Crippen molar-refractivity contribution in [3.8, 4) is 17.8 Å². The highest BCUT2D eigenvalue weighted by Crippen LogP contribution is 2.28. The van der Waals surface area contributed by atoms with E-state index in [1.807, 2.05) is 16.7 Å². The van der Waals surface area contributed by atoms with Crippen LogP contribution in [0, 0.1) is 11.3 Å². The highest BCUT2D eigenvalue weighted by atomic mass is 28.3. The lowest BCUT2D eigenvalue weighted by molar-refractivity contribution is 0.143. The molecule has 2 aromatic heterocycles. The standard InChI is InChI=1S/C19H20N4O2Si/c1-26(2,3)18-7-5-14(10-21-18)24-12-15-11-23-17-6-4-13(9-20)8-16(17)22-19(23)25-15/h4-8,10,15H,11-12H2,1-3H3/t15-/m0/s1. The van der Waals surface area contributed by atoms with Crippen LogP contribution >= 0.6 is 0 Å². The Kier molecular flexibility index (Phi) is 3.92. The Hall–Kier alpha value is -2.85. The van der Waals surface area contributed by atoms with E-state index in [2.05, 4.69) is 41.7 Å². The molecule has 0 spiro atoms. The van der Waals surface area contributed by atoms with E-state index < -0.39 is 8.07 Å². The van der Waals surface area contributed by atoms with Gasteiger partial charge in [0.1, 0.15) is 20.4 Å². The minimum Gasteiger partial charge on any atom is -0.488 e. The van der Waals surface area contributed by atoms with Crippen molar-refractivity contribution in [1.82, 2.24) is 14.5 Å². The van der Waals surface area contributed by atoms with E-state index in [0.717, 1.165) is 16.8 Å². The lowest BCUT2D eigenvalue weighted by Crippen LogP contribution is -2.39. The third kappa shape index (κ3) is 3.04. The van der Waals surface area contributed by atoms with Gasteiger partial charge in [0.05, 0.1) is 35.4 Å². The van der Waals surface area contributed by atoms with Gasteiger partial charge in [0.15, 0.2) is 6.10 Å². The molecule has 0 saturated carbocycles. The lowest BCUT2D eigenvalue weighted by atomic mass is 10.2. The number of pyridine rings is 1. The average Bonchev–Trinajstić information content (AvgIpc) is 3.16. The fourth-order valence-electron chi connectivity index (χ4n) is 3.02. The fourth-order valence-corrected chi connectivity index (χ4v) is 4.05. The van der Waals surface area contributed by atoms with Crippen LogP contribution in [0.3, 0.4) is 0 Å². The maximum absolute atomic E-state index is 8.99. The van der Waals surface area contributed by atoms with E-state index in [9.17, 15) is 0 Å². The fraction of sp³-hybridized carbons (Fsp3) is 0.316. The molecule has 0 radical (unpaired) electrons. The van der Waals surface area contributed by atoms with Crippen LogP contribution in [0.5, 0.6) is 11.8 Å². The SMILES string of the molecule is C[Si](C)(C)c1ccc(OC[C@@H]2Cn3c(nc4cc(C#N)ccc43)O2)cn1. The first kappa shape index (κ1) is 16.6. The molecular formula is C19H20N4O2Si. The molecule has 0 bridgehead atoms. The molecule has 0 amide bonds. The van der Waals surface area contributed by atoms with E-state index in [4.69, 9.17) is 14.7 Å². The monoisotopic (exact) mass is 364 g/mol. The number of aromatic nitrogens is 3. The Morgan fingerprint density at radius 1 is 1.31 bits per heavy atom. The van der Waals surface area contributed by atoms with Gasteiger partial charge in [-0.3, -0.25) is 9.55 Å². The summed E-state index contributed by atoms with van der Waals surface area (Å²) in [5.41, 5.74) is 2.36.